The lowest BCUT2D eigenvalue weighted by molar-refractivity contribution is -0.113. The quantitative estimate of drug-likeness (QED) is 0.842. The van der Waals surface area contributed by atoms with Crippen molar-refractivity contribution in [2.45, 2.75) is 12.7 Å². The van der Waals surface area contributed by atoms with Crippen molar-refractivity contribution in [1.29, 1.82) is 0 Å². The van der Waals surface area contributed by atoms with Gasteiger partial charge >= 0.3 is 0 Å². The largest absolute Gasteiger partial charge is 0.325 e. The Morgan fingerprint density at radius 1 is 1.42 bits per heavy atom. The normalized spacial score (nSPS) is 10.4. The van der Waals surface area contributed by atoms with E-state index in [4.69, 9.17) is 0 Å². The summed E-state index contributed by atoms with van der Waals surface area (Å²) < 4.78 is 1.05. The summed E-state index contributed by atoms with van der Waals surface area (Å²) in [6.45, 7) is 2.01. The minimum atomic E-state index is 0.0447. The molecule has 0 saturated carbocycles. The van der Waals surface area contributed by atoms with E-state index in [1.165, 1.54) is 4.88 Å². The summed E-state index contributed by atoms with van der Waals surface area (Å²) in [6, 6.07) is 9.94. The topological polar surface area (TPSA) is 29.1 Å². The fourth-order valence-corrected chi connectivity index (χ4v) is 3.47. The molecule has 0 aliphatic heterocycles. The van der Waals surface area contributed by atoms with Crippen LogP contribution in [-0.2, 0) is 10.5 Å². The zero-order valence-corrected chi connectivity index (χ0v) is 13.7. The van der Waals surface area contributed by atoms with Gasteiger partial charge in [-0.2, -0.15) is 0 Å². The highest BCUT2D eigenvalue weighted by molar-refractivity contribution is 9.10. The second-order valence-corrected chi connectivity index (χ2v) is 6.96. The van der Waals surface area contributed by atoms with E-state index in [2.05, 4.69) is 32.7 Å². The van der Waals surface area contributed by atoms with E-state index in [0.717, 1.165) is 21.5 Å². The number of benzene rings is 1. The number of thiophene rings is 1. The number of anilines is 1. The number of aryl methyl sites for hydroxylation is 1. The molecule has 2 rings (SSSR count). The summed E-state index contributed by atoms with van der Waals surface area (Å²) in [5.74, 6) is 1.42. The number of hydrogen-bond acceptors (Lipinski definition) is 3. The van der Waals surface area contributed by atoms with Gasteiger partial charge in [0.15, 0.2) is 0 Å². The molecule has 1 N–H and O–H groups in total. The van der Waals surface area contributed by atoms with Gasteiger partial charge < -0.3 is 5.32 Å². The molecular weight excluding hydrogens is 342 g/mol. The van der Waals surface area contributed by atoms with Crippen LogP contribution >= 0.6 is 39.0 Å². The number of amides is 1. The van der Waals surface area contributed by atoms with E-state index in [1.54, 1.807) is 23.1 Å². The molecule has 0 radical (unpaired) electrons. The molecular formula is C14H14BrNOS2. The third-order valence-electron chi connectivity index (χ3n) is 2.50. The van der Waals surface area contributed by atoms with Gasteiger partial charge in [-0.3, -0.25) is 4.79 Å². The average Bonchev–Trinajstić information content (AvgIpc) is 2.87. The fraction of sp³-hybridized carbons (Fsp3) is 0.214. The van der Waals surface area contributed by atoms with Crippen molar-refractivity contribution < 1.29 is 4.79 Å². The summed E-state index contributed by atoms with van der Waals surface area (Å²) in [7, 11) is 0. The van der Waals surface area contributed by atoms with Gasteiger partial charge in [-0.1, -0.05) is 22.0 Å². The van der Waals surface area contributed by atoms with Crippen LogP contribution in [-0.4, -0.2) is 11.7 Å². The molecule has 19 heavy (non-hydrogen) atoms. The van der Waals surface area contributed by atoms with Crippen molar-refractivity contribution in [2.24, 2.45) is 0 Å². The first-order valence-corrected chi connectivity index (χ1v) is 8.64. The molecule has 0 aliphatic carbocycles. The van der Waals surface area contributed by atoms with Gasteiger partial charge in [0.05, 0.1) is 5.75 Å². The molecule has 0 aliphatic rings. The lowest BCUT2D eigenvalue weighted by Gasteiger charge is -2.06. The molecule has 5 heteroatoms. The number of thioether (sulfide) groups is 1. The smallest absolute Gasteiger partial charge is 0.234 e. The zero-order chi connectivity index (χ0) is 13.7. The second kappa shape index (κ2) is 7.12. The van der Waals surface area contributed by atoms with Crippen LogP contribution in [0.15, 0.2) is 40.2 Å². The fourth-order valence-electron chi connectivity index (χ4n) is 1.56. The monoisotopic (exact) mass is 355 g/mol. The number of halogens is 1. The van der Waals surface area contributed by atoms with Gasteiger partial charge in [-0.15, -0.1) is 23.1 Å². The minimum absolute atomic E-state index is 0.0447. The van der Waals surface area contributed by atoms with Gasteiger partial charge in [0, 0.05) is 20.8 Å². The van der Waals surface area contributed by atoms with Gasteiger partial charge in [-0.05, 0) is 42.1 Å². The maximum atomic E-state index is 11.8. The van der Waals surface area contributed by atoms with Crippen LogP contribution in [0.4, 0.5) is 5.69 Å². The maximum Gasteiger partial charge on any atom is 0.234 e. The minimum Gasteiger partial charge on any atom is -0.325 e. The Balaban J connectivity index is 1.79. The highest BCUT2D eigenvalue weighted by atomic mass is 79.9. The van der Waals surface area contributed by atoms with Gasteiger partial charge in [0.25, 0.3) is 0 Å². The van der Waals surface area contributed by atoms with E-state index in [0.29, 0.717) is 5.75 Å². The van der Waals surface area contributed by atoms with E-state index >= 15 is 0 Å². The van der Waals surface area contributed by atoms with Crippen LogP contribution in [0.3, 0.4) is 0 Å². The summed E-state index contributed by atoms with van der Waals surface area (Å²) in [6.07, 6.45) is 0. The molecule has 1 amide bonds. The van der Waals surface area contributed by atoms with Gasteiger partial charge in [0.2, 0.25) is 5.91 Å². The Hall–Kier alpha value is -0.780. The number of rotatable bonds is 5. The van der Waals surface area contributed by atoms with Gasteiger partial charge in [-0.25, -0.2) is 0 Å². The first-order chi connectivity index (χ1) is 9.15. The number of nitrogens with one attached hydrogen (secondary N) is 1. The average molecular weight is 356 g/mol. The third-order valence-corrected chi connectivity index (χ3v) is 5.43. The number of hydrogen-bond donors (Lipinski definition) is 1. The van der Waals surface area contributed by atoms with Crippen molar-refractivity contribution in [3.05, 3.63) is 50.6 Å². The highest BCUT2D eigenvalue weighted by Gasteiger charge is 2.04. The summed E-state index contributed by atoms with van der Waals surface area (Å²) in [5.41, 5.74) is 1.96. The third kappa shape index (κ3) is 4.67. The maximum absolute atomic E-state index is 11.8. The summed E-state index contributed by atoms with van der Waals surface area (Å²) in [4.78, 5) is 13.1. The van der Waals surface area contributed by atoms with Crippen LogP contribution < -0.4 is 5.32 Å². The van der Waals surface area contributed by atoms with Crippen molar-refractivity contribution in [3.63, 3.8) is 0 Å². The van der Waals surface area contributed by atoms with Crippen LogP contribution in [0.2, 0.25) is 0 Å². The molecule has 0 atom stereocenters. The van der Waals surface area contributed by atoms with Crippen LogP contribution in [0, 0.1) is 6.92 Å². The Kier molecular flexibility index (Phi) is 5.48. The van der Waals surface area contributed by atoms with Crippen molar-refractivity contribution in [2.75, 3.05) is 11.1 Å². The SMILES string of the molecule is Cc1cc(NC(=O)CSCc2cccs2)ccc1Br. The Labute approximate surface area is 129 Å². The number of carbonyl (C=O) groups is 1. The lowest BCUT2D eigenvalue weighted by Crippen LogP contribution is -2.14. The van der Waals surface area contributed by atoms with Crippen LogP contribution in [0.1, 0.15) is 10.4 Å². The van der Waals surface area contributed by atoms with Crippen molar-refractivity contribution in [3.8, 4) is 0 Å². The van der Waals surface area contributed by atoms with Crippen molar-refractivity contribution in [1.82, 2.24) is 0 Å². The Morgan fingerprint density at radius 3 is 2.95 bits per heavy atom. The molecule has 2 aromatic rings. The molecule has 0 saturated heterocycles. The molecule has 0 fully saturated rings. The molecule has 1 aromatic heterocycles. The first-order valence-electron chi connectivity index (χ1n) is 5.81. The van der Waals surface area contributed by atoms with E-state index in [-0.39, 0.29) is 5.91 Å². The van der Waals surface area contributed by atoms with Crippen molar-refractivity contribution >= 4 is 50.6 Å². The number of carbonyl (C=O) groups excluding carboxylic acids is 1. The molecule has 0 spiro atoms. The summed E-state index contributed by atoms with van der Waals surface area (Å²) >= 11 is 6.80. The van der Waals surface area contributed by atoms with Crippen LogP contribution in [0.5, 0.6) is 0 Å². The second-order valence-electron chi connectivity index (χ2n) is 4.08. The Morgan fingerprint density at radius 2 is 2.26 bits per heavy atom. The molecule has 0 bridgehead atoms. The first kappa shape index (κ1) is 14.6. The predicted octanol–water partition coefficient (Wildman–Crippen LogP) is 4.69. The molecule has 100 valence electrons. The predicted molar refractivity (Wildman–Crippen MR) is 88.0 cm³/mol. The Bertz CT molecular complexity index is 555. The molecule has 1 aromatic carbocycles. The van der Waals surface area contributed by atoms with E-state index < -0.39 is 0 Å². The highest BCUT2D eigenvalue weighted by Crippen LogP contribution is 2.21. The zero-order valence-electron chi connectivity index (χ0n) is 10.5. The van der Waals surface area contributed by atoms with E-state index in [1.807, 2.05) is 31.2 Å². The molecule has 1 heterocycles. The van der Waals surface area contributed by atoms with Gasteiger partial charge in [0.1, 0.15) is 0 Å². The lowest BCUT2D eigenvalue weighted by atomic mass is 10.2. The molecule has 0 unspecified atom stereocenters. The molecule has 2 nitrogen and oxygen atoms in total. The summed E-state index contributed by atoms with van der Waals surface area (Å²) in [5, 5.41) is 4.97. The van der Waals surface area contributed by atoms with Crippen LogP contribution in [0.25, 0.3) is 0 Å². The van der Waals surface area contributed by atoms with E-state index in [9.17, 15) is 4.79 Å². The standard InChI is InChI=1S/C14H14BrNOS2/c1-10-7-11(4-5-13(10)15)16-14(17)9-18-8-12-3-2-6-19-12/h2-7H,8-9H2,1H3,(H,16,17).